The average Bonchev–Trinajstić information content (AvgIpc) is 2.90. The quantitative estimate of drug-likeness (QED) is 0.567. The molecule has 2 rings (SSSR count). The lowest BCUT2D eigenvalue weighted by molar-refractivity contribution is -0.155. The van der Waals surface area contributed by atoms with Gasteiger partial charge in [0.25, 0.3) is 0 Å². The van der Waals surface area contributed by atoms with Gasteiger partial charge in [-0.1, -0.05) is 0 Å². The van der Waals surface area contributed by atoms with Crippen LogP contribution < -0.4 is 11.4 Å². The molecule has 0 aliphatic carbocycles. The molecule has 3 N–H and O–H groups in total. The van der Waals surface area contributed by atoms with Crippen molar-refractivity contribution in [3.8, 4) is 0 Å². The van der Waals surface area contributed by atoms with Gasteiger partial charge >= 0.3 is 11.7 Å². The highest BCUT2D eigenvalue weighted by atomic mass is 19.1. The van der Waals surface area contributed by atoms with Gasteiger partial charge in [-0.05, 0) is 13.0 Å². The molecule has 0 radical (unpaired) electrons. The minimum atomic E-state index is -1.93. The van der Waals surface area contributed by atoms with Crippen molar-refractivity contribution in [3.63, 3.8) is 0 Å². The molecule has 12 heteroatoms. The molecule has 0 bridgehead atoms. The van der Waals surface area contributed by atoms with Crippen LogP contribution in [-0.4, -0.2) is 71.8 Å². The standard InChI is InChI=1S/C14H18FN3O7.CH3F/c1-7(19)4-23-6-10(20)24-5-8-12(21)11(15)13(25-8)18-3-2-9(16)17-14(18)22;1-2/h2-3,8,11-13,21H,4-6H2,1H3,(H2,16,17,22);1H3. The van der Waals surface area contributed by atoms with Crippen molar-refractivity contribution in [1.82, 2.24) is 9.55 Å². The summed E-state index contributed by atoms with van der Waals surface area (Å²) in [7, 11) is 0.500. The van der Waals surface area contributed by atoms with E-state index in [0.717, 1.165) is 4.57 Å². The van der Waals surface area contributed by atoms with Gasteiger partial charge in [0.05, 0.1) is 7.18 Å². The molecule has 1 aliphatic rings. The molecule has 1 aliphatic heterocycles. The molecule has 10 nitrogen and oxygen atoms in total. The first kappa shape index (κ1) is 22.6. The number of hydrogen-bond donors (Lipinski definition) is 2. The largest absolute Gasteiger partial charge is 0.461 e. The van der Waals surface area contributed by atoms with Crippen molar-refractivity contribution in [3.05, 3.63) is 22.7 Å². The molecular weight excluding hydrogens is 372 g/mol. The van der Waals surface area contributed by atoms with Crippen LogP contribution in [0.2, 0.25) is 0 Å². The molecule has 1 aromatic rings. The van der Waals surface area contributed by atoms with Crippen LogP contribution in [0.15, 0.2) is 17.1 Å². The molecule has 4 atom stereocenters. The van der Waals surface area contributed by atoms with Crippen molar-refractivity contribution in [2.45, 2.75) is 31.5 Å². The molecule has 0 aromatic carbocycles. The van der Waals surface area contributed by atoms with Gasteiger partial charge in [0.15, 0.2) is 18.2 Å². The third kappa shape index (κ3) is 6.34. The molecular formula is C15H21F2N3O7. The Hall–Kier alpha value is -2.44. The first-order valence-corrected chi connectivity index (χ1v) is 7.72. The monoisotopic (exact) mass is 393 g/mol. The number of ether oxygens (including phenoxy) is 3. The van der Waals surface area contributed by atoms with E-state index in [1.165, 1.54) is 19.2 Å². The number of hydrogen-bond acceptors (Lipinski definition) is 9. The number of nitrogens with two attached hydrogens (primary N) is 1. The number of Topliss-reactive ketones (excluding diaryl/α,β-unsaturated/α-hetero) is 1. The van der Waals surface area contributed by atoms with E-state index in [2.05, 4.69) is 4.98 Å². The number of anilines is 1. The van der Waals surface area contributed by atoms with Crippen LogP contribution in [-0.2, 0) is 23.8 Å². The number of rotatable bonds is 7. The summed E-state index contributed by atoms with van der Waals surface area (Å²) in [4.78, 5) is 37.3. The summed E-state index contributed by atoms with van der Waals surface area (Å²) >= 11 is 0. The van der Waals surface area contributed by atoms with Crippen LogP contribution in [0, 0.1) is 0 Å². The second-order valence-corrected chi connectivity index (χ2v) is 5.42. The Morgan fingerprint density at radius 1 is 1.41 bits per heavy atom. The Kier molecular flexibility index (Phi) is 8.91. The zero-order chi connectivity index (χ0) is 20.6. The number of esters is 1. The molecule has 2 heterocycles. The van der Waals surface area contributed by atoms with Crippen LogP contribution >= 0.6 is 0 Å². The van der Waals surface area contributed by atoms with Crippen LogP contribution in [0.5, 0.6) is 0 Å². The molecule has 0 saturated carbocycles. The van der Waals surface area contributed by atoms with E-state index in [1.54, 1.807) is 0 Å². The minimum absolute atomic E-state index is 0.0359. The normalized spacial score (nSPS) is 24.0. The lowest BCUT2D eigenvalue weighted by Gasteiger charge is -2.16. The minimum Gasteiger partial charge on any atom is -0.461 e. The van der Waals surface area contributed by atoms with Crippen molar-refractivity contribution in [1.29, 1.82) is 0 Å². The van der Waals surface area contributed by atoms with Gasteiger partial charge < -0.3 is 25.1 Å². The van der Waals surface area contributed by atoms with Crippen LogP contribution in [0.1, 0.15) is 13.2 Å². The maximum atomic E-state index is 14.2. The summed E-state index contributed by atoms with van der Waals surface area (Å²) in [6, 6.07) is 1.28. The van der Waals surface area contributed by atoms with Gasteiger partial charge in [-0.2, -0.15) is 4.98 Å². The Labute approximate surface area is 152 Å². The Balaban J connectivity index is 0.00000176. The van der Waals surface area contributed by atoms with Gasteiger partial charge in [0.2, 0.25) is 0 Å². The van der Waals surface area contributed by atoms with Crippen LogP contribution in [0.4, 0.5) is 14.6 Å². The Morgan fingerprint density at radius 3 is 2.67 bits per heavy atom. The van der Waals surface area contributed by atoms with E-state index >= 15 is 0 Å². The second-order valence-electron chi connectivity index (χ2n) is 5.42. The summed E-state index contributed by atoms with van der Waals surface area (Å²) < 4.78 is 39.4. The highest BCUT2D eigenvalue weighted by Crippen LogP contribution is 2.31. The summed E-state index contributed by atoms with van der Waals surface area (Å²) in [6.07, 6.45) is -4.95. The third-order valence-electron chi connectivity index (χ3n) is 3.35. The van der Waals surface area contributed by atoms with Crippen molar-refractivity contribution < 1.29 is 37.7 Å². The average molecular weight is 393 g/mol. The van der Waals surface area contributed by atoms with Crippen LogP contribution in [0.3, 0.4) is 0 Å². The van der Waals surface area contributed by atoms with Gasteiger partial charge in [0, 0.05) is 6.20 Å². The van der Waals surface area contributed by atoms with Gasteiger partial charge in [-0.15, -0.1) is 0 Å². The van der Waals surface area contributed by atoms with Gasteiger partial charge in [0.1, 0.15) is 37.8 Å². The zero-order valence-corrected chi connectivity index (χ0v) is 14.7. The first-order valence-electron chi connectivity index (χ1n) is 7.72. The number of nitrogens with zero attached hydrogens (tertiary/aromatic N) is 2. The molecule has 152 valence electrons. The number of carbonyl (C=O) groups excluding carboxylic acids is 2. The highest BCUT2D eigenvalue weighted by Gasteiger charge is 2.46. The fraction of sp³-hybridized carbons (Fsp3) is 0.600. The SMILES string of the molecule is CC(=O)COCC(=O)OCC1OC(n2ccc(N)nc2=O)C(F)C1O.CF. The van der Waals surface area contributed by atoms with E-state index in [9.17, 15) is 28.3 Å². The topological polar surface area (TPSA) is 143 Å². The maximum absolute atomic E-state index is 14.2. The molecule has 1 aromatic heterocycles. The lowest BCUT2D eigenvalue weighted by atomic mass is 10.1. The third-order valence-corrected chi connectivity index (χ3v) is 3.35. The predicted octanol–water partition coefficient (Wildman–Crippen LogP) is -0.844. The van der Waals surface area contributed by atoms with E-state index in [1.807, 2.05) is 0 Å². The summed E-state index contributed by atoms with van der Waals surface area (Å²) in [6.45, 7) is 0.145. The summed E-state index contributed by atoms with van der Waals surface area (Å²) in [5, 5.41) is 9.87. The van der Waals surface area contributed by atoms with E-state index in [0.29, 0.717) is 7.18 Å². The van der Waals surface area contributed by atoms with Crippen molar-refractivity contribution in [2.24, 2.45) is 0 Å². The molecule has 4 unspecified atom stereocenters. The van der Waals surface area contributed by atoms with Crippen LogP contribution in [0.25, 0.3) is 0 Å². The summed E-state index contributed by atoms with van der Waals surface area (Å²) in [5.41, 5.74) is 4.52. The lowest BCUT2D eigenvalue weighted by Crippen LogP contribution is -2.34. The predicted molar refractivity (Wildman–Crippen MR) is 87.2 cm³/mol. The highest BCUT2D eigenvalue weighted by molar-refractivity contribution is 5.77. The first-order chi connectivity index (χ1) is 12.8. The number of aliphatic hydroxyl groups excluding tert-OH is 1. The van der Waals surface area contributed by atoms with Crippen molar-refractivity contribution >= 4 is 17.6 Å². The number of alkyl halides is 2. The molecule has 0 spiro atoms. The van der Waals surface area contributed by atoms with E-state index in [4.69, 9.17) is 19.9 Å². The molecule has 1 fully saturated rings. The second kappa shape index (κ2) is 10.6. The van der Waals surface area contributed by atoms with E-state index in [-0.39, 0.29) is 18.2 Å². The summed E-state index contributed by atoms with van der Waals surface area (Å²) in [5.74, 6) is -1.10. The number of aromatic nitrogens is 2. The molecule has 27 heavy (non-hydrogen) atoms. The molecule has 0 amide bonds. The number of carbonyl (C=O) groups is 2. The number of nitrogen functional groups attached to an aromatic ring is 1. The Bertz CT molecular complexity index is 700. The molecule has 1 saturated heterocycles. The van der Waals surface area contributed by atoms with Gasteiger partial charge in [-0.3, -0.25) is 13.8 Å². The zero-order valence-electron chi connectivity index (χ0n) is 14.7. The smallest absolute Gasteiger partial charge is 0.351 e. The number of ketones is 1. The fourth-order valence-corrected chi connectivity index (χ4v) is 2.18. The van der Waals surface area contributed by atoms with Crippen molar-refractivity contribution in [2.75, 3.05) is 32.7 Å². The fourth-order valence-electron chi connectivity index (χ4n) is 2.18. The maximum Gasteiger partial charge on any atom is 0.351 e. The Morgan fingerprint density at radius 2 is 2.07 bits per heavy atom. The van der Waals surface area contributed by atoms with E-state index < -0.39 is 49.5 Å². The number of halogens is 2. The van der Waals surface area contributed by atoms with Gasteiger partial charge in [-0.25, -0.2) is 14.0 Å². The number of aliphatic hydroxyl groups is 1.